The zero-order valence-electron chi connectivity index (χ0n) is 13.3. The number of sulfonamides is 1. The molecule has 126 valence electrons. The van der Waals surface area contributed by atoms with Gasteiger partial charge in [-0.2, -0.15) is 4.31 Å². The molecule has 3 fully saturated rings. The van der Waals surface area contributed by atoms with Crippen LogP contribution < -0.4 is 0 Å². The summed E-state index contributed by atoms with van der Waals surface area (Å²) in [5.41, 5.74) is 1.13. The predicted molar refractivity (Wildman–Crippen MR) is 87.5 cm³/mol. The Morgan fingerprint density at radius 2 is 1.87 bits per heavy atom. The van der Waals surface area contributed by atoms with Crippen molar-refractivity contribution in [3.05, 3.63) is 30.1 Å². The van der Waals surface area contributed by atoms with Crippen LogP contribution in [0.15, 0.2) is 24.5 Å². The van der Waals surface area contributed by atoms with E-state index in [0.717, 1.165) is 31.4 Å². The van der Waals surface area contributed by atoms with E-state index in [1.165, 1.54) is 12.8 Å². The zero-order valence-corrected chi connectivity index (χ0v) is 14.1. The minimum atomic E-state index is -3.15. The van der Waals surface area contributed by atoms with Crippen molar-refractivity contribution >= 4 is 10.0 Å². The lowest BCUT2D eigenvalue weighted by atomic mass is 10.0. The van der Waals surface area contributed by atoms with E-state index in [9.17, 15) is 8.42 Å². The van der Waals surface area contributed by atoms with Gasteiger partial charge in [0.25, 0.3) is 0 Å². The molecule has 0 radical (unpaired) electrons. The minimum Gasteiger partial charge on any atom is -0.376 e. The van der Waals surface area contributed by atoms with Crippen LogP contribution >= 0.6 is 0 Å². The molecule has 2 saturated carbocycles. The summed E-state index contributed by atoms with van der Waals surface area (Å²) in [5, 5.41) is -0.148. The van der Waals surface area contributed by atoms with Crippen LogP contribution in [0.1, 0.15) is 37.7 Å². The number of hydrogen-bond donors (Lipinski definition) is 0. The maximum absolute atomic E-state index is 12.7. The molecule has 0 bridgehead atoms. The fourth-order valence-electron chi connectivity index (χ4n) is 3.40. The highest BCUT2D eigenvalue weighted by atomic mass is 32.2. The van der Waals surface area contributed by atoms with E-state index >= 15 is 0 Å². The standard InChI is InChI=1S/C17H24N2O3S/c20-23(21,15-3-4-15)19-10-7-17(22-12-14-1-2-14)16(19)11-13-5-8-18-9-6-13/h5-6,8-9,14-17H,1-4,7,10-12H2/t16-,17+/m0/s1. The largest absolute Gasteiger partial charge is 0.376 e. The van der Waals surface area contributed by atoms with Gasteiger partial charge >= 0.3 is 0 Å². The number of nitrogens with zero attached hydrogens (tertiary/aromatic N) is 2. The number of rotatable bonds is 7. The smallest absolute Gasteiger partial charge is 0.217 e. The molecule has 3 aliphatic rings. The van der Waals surface area contributed by atoms with Gasteiger partial charge in [-0.3, -0.25) is 4.98 Å². The normalized spacial score (nSPS) is 29.0. The molecule has 6 heteroatoms. The van der Waals surface area contributed by atoms with Gasteiger partial charge in [0, 0.05) is 25.5 Å². The molecule has 5 nitrogen and oxygen atoms in total. The van der Waals surface area contributed by atoms with Gasteiger partial charge in [0.15, 0.2) is 0 Å². The van der Waals surface area contributed by atoms with Crippen molar-refractivity contribution in [1.29, 1.82) is 0 Å². The molecule has 0 unspecified atom stereocenters. The van der Waals surface area contributed by atoms with Crippen LogP contribution in [-0.2, 0) is 21.2 Å². The third-order valence-electron chi connectivity index (χ3n) is 5.14. The zero-order chi connectivity index (χ0) is 15.9. The maximum atomic E-state index is 12.7. The number of pyridine rings is 1. The molecule has 1 aliphatic heterocycles. The second kappa shape index (κ2) is 6.15. The molecule has 0 aromatic carbocycles. The van der Waals surface area contributed by atoms with Gasteiger partial charge in [0.1, 0.15) is 0 Å². The molecule has 2 heterocycles. The van der Waals surface area contributed by atoms with E-state index < -0.39 is 10.0 Å². The number of aromatic nitrogens is 1. The Kier molecular flexibility index (Phi) is 4.15. The van der Waals surface area contributed by atoms with Crippen LogP contribution in [-0.4, -0.2) is 48.3 Å². The van der Waals surface area contributed by atoms with Crippen LogP contribution in [0.4, 0.5) is 0 Å². The quantitative estimate of drug-likeness (QED) is 0.764. The molecule has 4 rings (SSSR count). The van der Waals surface area contributed by atoms with Crippen molar-refractivity contribution in [3.8, 4) is 0 Å². The van der Waals surface area contributed by atoms with E-state index in [4.69, 9.17) is 4.74 Å². The van der Waals surface area contributed by atoms with Gasteiger partial charge in [-0.1, -0.05) is 0 Å². The lowest BCUT2D eigenvalue weighted by molar-refractivity contribution is 0.0305. The highest BCUT2D eigenvalue weighted by molar-refractivity contribution is 7.90. The molecule has 23 heavy (non-hydrogen) atoms. The summed E-state index contributed by atoms with van der Waals surface area (Å²) >= 11 is 0. The Labute approximate surface area is 138 Å². The Morgan fingerprint density at radius 3 is 2.52 bits per heavy atom. The van der Waals surface area contributed by atoms with E-state index in [1.54, 1.807) is 16.7 Å². The van der Waals surface area contributed by atoms with E-state index in [2.05, 4.69) is 4.98 Å². The van der Waals surface area contributed by atoms with Crippen molar-refractivity contribution in [2.45, 2.75) is 55.9 Å². The van der Waals surface area contributed by atoms with Gasteiger partial charge < -0.3 is 4.74 Å². The van der Waals surface area contributed by atoms with Crippen molar-refractivity contribution in [1.82, 2.24) is 9.29 Å². The van der Waals surface area contributed by atoms with Crippen molar-refractivity contribution < 1.29 is 13.2 Å². The fourth-order valence-corrected chi connectivity index (χ4v) is 5.47. The lowest BCUT2D eigenvalue weighted by Crippen LogP contribution is -2.43. The molecular weight excluding hydrogens is 312 g/mol. The summed E-state index contributed by atoms with van der Waals surface area (Å²) < 4.78 is 33.4. The lowest BCUT2D eigenvalue weighted by Gasteiger charge is -2.28. The van der Waals surface area contributed by atoms with Gasteiger partial charge in [0.2, 0.25) is 10.0 Å². The van der Waals surface area contributed by atoms with E-state index in [0.29, 0.717) is 18.9 Å². The summed E-state index contributed by atoms with van der Waals surface area (Å²) in [6, 6.07) is 3.87. The summed E-state index contributed by atoms with van der Waals surface area (Å²) in [6.45, 7) is 1.39. The highest BCUT2D eigenvalue weighted by Crippen LogP contribution is 2.37. The van der Waals surface area contributed by atoms with Gasteiger partial charge in [0.05, 0.1) is 17.4 Å². The molecular formula is C17H24N2O3S. The predicted octanol–water partition coefficient (Wildman–Crippen LogP) is 1.99. The third-order valence-corrected chi connectivity index (χ3v) is 7.56. The first-order chi connectivity index (χ1) is 11.1. The molecule has 0 N–H and O–H groups in total. The minimum absolute atomic E-state index is 0.0253. The van der Waals surface area contributed by atoms with Crippen molar-refractivity contribution in [2.24, 2.45) is 5.92 Å². The van der Waals surface area contributed by atoms with Gasteiger partial charge in [-0.15, -0.1) is 0 Å². The van der Waals surface area contributed by atoms with Gasteiger partial charge in [-0.25, -0.2) is 8.42 Å². The Bertz CT molecular complexity index is 641. The van der Waals surface area contributed by atoms with Crippen LogP contribution in [0.25, 0.3) is 0 Å². The van der Waals surface area contributed by atoms with E-state index in [-0.39, 0.29) is 17.4 Å². The monoisotopic (exact) mass is 336 g/mol. The molecule has 1 aromatic heterocycles. The molecule has 0 spiro atoms. The summed E-state index contributed by atoms with van der Waals surface area (Å²) in [4.78, 5) is 4.05. The Balaban J connectivity index is 1.52. The first kappa shape index (κ1) is 15.5. The Hall–Kier alpha value is -0.980. The van der Waals surface area contributed by atoms with Crippen LogP contribution in [0.3, 0.4) is 0 Å². The third kappa shape index (κ3) is 3.44. The molecule has 2 aliphatic carbocycles. The summed E-state index contributed by atoms with van der Waals surface area (Å²) in [6.07, 6.45) is 9.23. The number of ether oxygens (including phenoxy) is 1. The first-order valence-corrected chi connectivity index (χ1v) is 10.2. The van der Waals surface area contributed by atoms with Crippen molar-refractivity contribution in [3.63, 3.8) is 0 Å². The molecule has 1 aromatic rings. The van der Waals surface area contributed by atoms with E-state index in [1.807, 2.05) is 12.1 Å². The average Bonchev–Trinajstić information content (AvgIpc) is 3.44. The highest BCUT2D eigenvalue weighted by Gasteiger charge is 2.48. The summed E-state index contributed by atoms with van der Waals surface area (Å²) in [5.74, 6) is 0.700. The second-order valence-corrected chi connectivity index (χ2v) is 9.25. The van der Waals surface area contributed by atoms with Crippen LogP contribution in [0.2, 0.25) is 0 Å². The van der Waals surface area contributed by atoms with Crippen molar-refractivity contribution in [2.75, 3.05) is 13.2 Å². The fraction of sp³-hybridized carbons (Fsp3) is 0.706. The SMILES string of the molecule is O=S(=O)(C1CC1)N1CC[C@@H](OCC2CC2)[C@@H]1Cc1ccncc1. The molecule has 0 amide bonds. The Morgan fingerprint density at radius 1 is 1.13 bits per heavy atom. The second-order valence-electron chi connectivity index (χ2n) is 7.09. The molecule has 1 saturated heterocycles. The maximum Gasteiger partial charge on any atom is 0.217 e. The van der Waals surface area contributed by atoms with Crippen LogP contribution in [0, 0.1) is 5.92 Å². The number of hydrogen-bond acceptors (Lipinski definition) is 4. The summed E-state index contributed by atoms with van der Waals surface area (Å²) in [7, 11) is -3.15. The van der Waals surface area contributed by atoms with Gasteiger partial charge in [-0.05, 0) is 62.1 Å². The topological polar surface area (TPSA) is 59.5 Å². The van der Waals surface area contributed by atoms with Crippen LogP contribution in [0.5, 0.6) is 0 Å². The average molecular weight is 336 g/mol. The molecule has 2 atom stereocenters. The first-order valence-electron chi connectivity index (χ1n) is 8.66.